The van der Waals surface area contributed by atoms with Crippen molar-refractivity contribution in [3.63, 3.8) is 0 Å². The molecule has 2 amide bonds. The number of hydrogen-bond donors (Lipinski definition) is 1. The van der Waals surface area contributed by atoms with Gasteiger partial charge in [0.15, 0.2) is 0 Å². The van der Waals surface area contributed by atoms with Crippen LogP contribution in [0, 0.1) is 12.7 Å². The maximum atomic E-state index is 13.1. The number of rotatable bonds is 6. The molecule has 0 spiro atoms. The third kappa shape index (κ3) is 4.64. The Morgan fingerprint density at radius 2 is 2.04 bits per heavy atom. The summed E-state index contributed by atoms with van der Waals surface area (Å²) in [5, 5.41) is 2.59. The molecular weight excluding hydrogens is 327 g/mol. The van der Waals surface area contributed by atoms with Crippen molar-refractivity contribution in [2.24, 2.45) is 0 Å². The SMILES string of the molecule is CCCc1cc(C(=O)N(C)CC(=O)Nc2cccc(F)c2)sc1C. The first-order valence-corrected chi connectivity index (χ1v) is 8.62. The summed E-state index contributed by atoms with van der Waals surface area (Å²) < 4.78 is 13.1. The molecule has 0 saturated carbocycles. The molecule has 1 heterocycles. The van der Waals surface area contributed by atoms with Crippen LogP contribution >= 0.6 is 11.3 Å². The Hall–Kier alpha value is -2.21. The highest BCUT2D eigenvalue weighted by Crippen LogP contribution is 2.24. The number of nitrogens with zero attached hydrogens (tertiary/aromatic N) is 1. The Bertz CT molecular complexity index is 742. The predicted octanol–water partition coefficient (Wildman–Crippen LogP) is 3.86. The molecule has 24 heavy (non-hydrogen) atoms. The number of amides is 2. The number of halogens is 1. The monoisotopic (exact) mass is 348 g/mol. The van der Waals surface area contributed by atoms with Crippen LogP contribution in [0.5, 0.6) is 0 Å². The van der Waals surface area contributed by atoms with Gasteiger partial charge in [-0.1, -0.05) is 19.4 Å². The fraction of sp³-hybridized carbons (Fsp3) is 0.333. The van der Waals surface area contributed by atoms with Gasteiger partial charge in [0.25, 0.3) is 5.91 Å². The van der Waals surface area contributed by atoms with E-state index in [0.29, 0.717) is 10.6 Å². The molecule has 2 aromatic rings. The molecule has 0 bridgehead atoms. The molecule has 0 aliphatic carbocycles. The molecule has 1 N–H and O–H groups in total. The van der Waals surface area contributed by atoms with Crippen molar-refractivity contribution in [2.45, 2.75) is 26.7 Å². The minimum absolute atomic E-state index is 0.0879. The Balaban J connectivity index is 1.98. The van der Waals surface area contributed by atoms with Crippen molar-refractivity contribution in [2.75, 3.05) is 18.9 Å². The van der Waals surface area contributed by atoms with Crippen molar-refractivity contribution in [1.82, 2.24) is 4.90 Å². The van der Waals surface area contributed by atoms with Crippen LogP contribution in [0.3, 0.4) is 0 Å². The summed E-state index contributed by atoms with van der Waals surface area (Å²) in [6.07, 6.45) is 1.97. The van der Waals surface area contributed by atoms with Gasteiger partial charge in [0.1, 0.15) is 5.82 Å². The van der Waals surface area contributed by atoms with Crippen molar-refractivity contribution in [1.29, 1.82) is 0 Å². The lowest BCUT2D eigenvalue weighted by molar-refractivity contribution is -0.116. The zero-order chi connectivity index (χ0) is 17.7. The van der Waals surface area contributed by atoms with Gasteiger partial charge in [-0.15, -0.1) is 11.3 Å². The number of likely N-dealkylation sites (N-methyl/N-ethyl adjacent to an activating group) is 1. The van der Waals surface area contributed by atoms with Gasteiger partial charge < -0.3 is 10.2 Å². The molecule has 0 saturated heterocycles. The molecule has 128 valence electrons. The molecule has 2 rings (SSSR count). The summed E-state index contributed by atoms with van der Waals surface area (Å²) in [7, 11) is 1.59. The zero-order valence-electron chi connectivity index (χ0n) is 14.1. The Kier molecular flexibility index (Phi) is 6.09. The second-order valence-corrected chi connectivity index (χ2v) is 6.92. The highest BCUT2D eigenvalue weighted by atomic mass is 32.1. The van der Waals surface area contributed by atoms with Gasteiger partial charge in [-0.2, -0.15) is 0 Å². The van der Waals surface area contributed by atoms with Gasteiger partial charge >= 0.3 is 0 Å². The number of aryl methyl sites for hydroxylation is 2. The van der Waals surface area contributed by atoms with Crippen LogP contribution in [0.15, 0.2) is 30.3 Å². The second-order valence-electron chi connectivity index (χ2n) is 5.66. The van der Waals surface area contributed by atoms with Gasteiger partial charge in [0.2, 0.25) is 5.91 Å². The highest BCUT2D eigenvalue weighted by molar-refractivity contribution is 7.14. The summed E-state index contributed by atoms with van der Waals surface area (Å²) in [5.74, 6) is -0.965. The highest BCUT2D eigenvalue weighted by Gasteiger charge is 2.18. The number of carbonyl (C=O) groups is 2. The van der Waals surface area contributed by atoms with Crippen LogP contribution in [0.4, 0.5) is 10.1 Å². The first-order chi connectivity index (χ1) is 11.4. The quantitative estimate of drug-likeness (QED) is 0.862. The van der Waals surface area contributed by atoms with E-state index >= 15 is 0 Å². The first-order valence-electron chi connectivity index (χ1n) is 7.81. The van der Waals surface area contributed by atoms with Gasteiger partial charge in [-0.25, -0.2) is 4.39 Å². The summed E-state index contributed by atoms with van der Waals surface area (Å²) in [5.41, 5.74) is 1.56. The fourth-order valence-corrected chi connectivity index (χ4v) is 3.45. The van der Waals surface area contributed by atoms with Crippen LogP contribution in [0.25, 0.3) is 0 Å². The van der Waals surface area contributed by atoms with E-state index in [4.69, 9.17) is 0 Å². The minimum Gasteiger partial charge on any atom is -0.332 e. The summed E-state index contributed by atoms with van der Waals surface area (Å²) >= 11 is 1.45. The normalized spacial score (nSPS) is 10.5. The van der Waals surface area contributed by atoms with E-state index in [1.165, 1.54) is 40.0 Å². The molecule has 0 atom stereocenters. The molecule has 0 fully saturated rings. The Labute approximate surface area is 145 Å². The lowest BCUT2D eigenvalue weighted by Gasteiger charge is -2.16. The lowest BCUT2D eigenvalue weighted by atomic mass is 10.1. The average molecular weight is 348 g/mol. The molecule has 0 aliphatic rings. The summed E-state index contributed by atoms with van der Waals surface area (Å²) in [4.78, 5) is 27.6. The van der Waals surface area contributed by atoms with Crippen molar-refractivity contribution in [3.8, 4) is 0 Å². The molecule has 6 heteroatoms. The predicted molar refractivity (Wildman–Crippen MR) is 95.0 cm³/mol. The van der Waals surface area contributed by atoms with E-state index in [2.05, 4.69) is 12.2 Å². The summed E-state index contributed by atoms with van der Waals surface area (Å²) in [6, 6.07) is 7.57. The molecule has 0 unspecified atom stereocenters. The minimum atomic E-state index is -0.422. The molecule has 0 aliphatic heterocycles. The van der Waals surface area contributed by atoms with E-state index < -0.39 is 5.82 Å². The number of benzene rings is 1. The summed E-state index contributed by atoms with van der Waals surface area (Å²) in [6.45, 7) is 4.01. The maximum Gasteiger partial charge on any atom is 0.264 e. The average Bonchev–Trinajstić information content (AvgIpc) is 2.88. The van der Waals surface area contributed by atoms with Gasteiger partial charge in [0.05, 0.1) is 11.4 Å². The first kappa shape index (κ1) is 18.1. The van der Waals surface area contributed by atoms with Crippen molar-refractivity contribution in [3.05, 3.63) is 51.5 Å². The smallest absolute Gasteiger partial charge is 0.264 e. The van der Waals surface area contributed by atoms with Crippen LogP contribution < -0.4 is 5.32 Å². The van der Waals surface area contributed by atoms with E-state index in [1.54, 1.807) is 13.1 Å². The Morgan fingerprint density at radius 1 is 1.29 bits per heavy atom. The van der Waals surface area contributed by atoms with Gasteiger partial charge in [-0.3, -0.25) is 9.59 Å². The number of thiophene rings is 1. The van der Waals surface area contributed by atoms with Gasteiger partial charge in [0, 0.05) is 17.6 Å². The molecule has 1 aromatic heterocycles. The maximum absolute atomic E-state index is 13.1. The number of carbonyl (C=O) groups excluding carboxylic acids is 2. The number of hydrogen-bond acceptors (Lipinski definition) is 3. The molecule has 4 nitrogen and oxygen atoms in total. The largest absolute Gasteiger partial charge is 0.332 e. The number of anilines is 1. The fourth-order valence-electron chi connectivity index (χ4n) is 2.38. The van der Waals surface area contributed by atoms with Crippen LogP contribution in [0.1, 0.15) is 33.5 Å². The standard InChI is InChI=1S/C18H21FN2O2S/c1-4-6-13-9-16(24-12(13)2)18(23)21(3)11-17(22)20-15-8-5-7-14(19)10-15/h5,7-10H,4,6,11H2,1-3H3,(H,20,22). The van der Waals surface area contributed by atoms with Crippen LogP contribution in [-0.4, -0.2) is 30.3 Å². The third-order valence-corrected chi connectivity index (χ3v) is 4.67. The molecular formula is C18H21FN2O2S. The number of nitrogens with one attached hydrogen (secondary N) is 1. The van der Waals surface area contributed by atoms with Crippen LogP contribution in [0.2, 0.25) is 0 Å². The molecule has 1 aromatic carbocycles. The molecule has 0 radical (unpaired) electrons. The third-order valence-electron chi connectivity index (χ3n) is 3.59. The second kappa shape index (κ2) is 8.06. The zero-order valence-corrected chi connectivity index (χ0v) is 14.9. The van der Waals surface area contributed by atoms with Crippen LogP contribution in [-0.2, 0) is 11.2 Å². The lowest BCUT2D eigenvalue weighted by Crippen LogP contribution is -2.34. The van der Waals surface area contributed by atoms with E-state index in [-0.39, 0.29) is 18.4 Å². The van der Waals surface area contributed by atoms with Gasteiger partial charge in [-0.05, 0) is 43.2 Å². The van der Waals surface area contributed by atoms with E-state index in [1.807, 2.05) is 13.0 Å². The van der Waals surface area contributed by atoms with E-state index in [0.717, 1.165) is 17.7 Å². The Morgan fingerprint density at radius 3 is 2.71 bits per heavy atom. The van der Waals surface area contributed by atoms with Crippen molar-refractivity contribution >= 4 is 28.8 Å². The topological polar surface area (TPSA) is 49.4 Å². The van der Waals surface area contributed by atoms with E-state index in [9.17, 15) is 14.0 Å². The van der Waals surface area contributed by atoms with Crippen molar-refractivity contribution < 1.29 is 14.0 Å².